The molecule has 0 spiro atoms. The molecule has 0 saturated heterocycles. The van der Waals surface area contributed by atoms with Crippen molar-refractivity contribution in [2.24, 2.45) is 0 Å². The molecule has 0 heterocycles. The van der Waals surface area contributed by atoms with Gasteiger partial charge >= 0.3 is 0 Å². The van der Waals surface area contributed by atoms with E-state index in [4.69, 9.17) is 27.9 Å². The van der Waals surface area contributed by atoms with Crippen molar-refractivity contribution in [2.75, 3.05) is 13.7 Å². The van der Waals surface area contributed by atoms with Gasteiger partial charge in [0.2, 0.25) is 0 Å². The molecule has 1 N–H and O–H groups in total. The van der Waals surface area contributed by atoms with Gasteiger partial charge in [0.25, 0.3) is 0 Å². The van der Waals surface area contributed by atoms with Gasteiger partial charge in [0.05, 0.1) is 18.2 Å². The largest absolute Gasteiger partial charge is 0.495 e. The highest BCUT2D eigenvalue weighted by molar-refractivity contribution is 6.32. The third-order valence-electron chi connectivity index (χ3n) is 3.31. The first-order valence-electron chi connectivity index (χ1n) is 6.98. The number of halogens is 2. The molecule has 112 valence electrons. The monoisotopic (exact) mass is 323 g/mol. The first kappa shape index (κ1) is 16.2. The molecule has 0 aliphatic heterocycles. The lowest BCUT2D eigenvalue weighted by Crippen LogP contribution is -2.23. The van der Waals surface area contributed by atoms with Crippen LogP contribution in [-0.4, -0.2) is 13.7 Å². The van der Waals surface area contributed by atoms with Crippen molar-refractivity contribution in [1.29, 1.82) is 0 Å². The second kappa shape index (κ2) is 7.69. The SMILES string of the molecule is CCCNC(c1ccc(Cl)cc1)c1ccc(Cl)c(OC)c1. The second-order valence-corrected chi connectivity index (χ2v) is 5.68. The molecule has 21 heavy (non-hydrogen) atoms. The third-order valence-corrected chi connectivity index (χ3v) is 3.87. The Morgan fingerprint density at radius 2 is 1.71 bits per heavy atom. The standard InChI is InChI=1S/C17H19Cl2NO/c1-3-10-20-17(12-4-7-14(18)8-5-12)13-6-9-15(19)16(11-13)21-2/h4-9,11,17,20H,3,10H2,1-2H3. The highest BCUT2D eigenvalue weighted by Gasteiger charge is 2.15. The van der Waals surface area contributed by atoms with Crippen molar-refractivity contribution in [3.05, 3.63) is 63.6 Å². The average molecular weight is 324 g/mol. The predicted octanol–water partition coefficient (Wildman–Crippen LogP) is 5.09. The topological polar surface area (TPSA) is 21.3 Å². The molecule has 0 aliphatic carbocycles. The Bertz CT molecular complexity index is 584. The number of methoxy groups -OCH3 is 1. The van der Waals surface area contributed by atoms with Crippen LogP contribution in [0.15, 0.2) is 42.5 Å². The van der Waals surface area contributed by atoms with E-state index in [9.17, 15) is 0 Å². The first-order chi connectivity index (χ1) is 10.2. The summed E-state index contributed by atoms with van der Waals surface area (Å²) >= 11 is 12.1. The number of benzene rings is 2. The molecule has 4 heteroatoms. The van der Waals surface area contributed by atoms with Crippen LogP contribution < -0.4 is 10.1 Å². The van der Waals surface area contributed by atoms with Gasteiger partial charge in [0.15, 0.2) is 0 Å². The minimum atomic E-state index is 0.0911. The van der Waals surface area contributed by atoms with Gasteiger partial charge in [-0.1, -0.05) is 48.3 Å². The number of hydrogen-bond donors (Lipinski definition) is 1. The van der Waals surface area contributed by atoms with Gasteiger partial charge in [-0.2, -0.15) is 0 Å². The molecule has 0 radical (unpaired) electrons. The normalized spacial score (nSPS) is 12.2. The van der Waals surface area contributed by atoms with E-state index >= 15 is 0 Å². The Balaban J connectivity index is 2.37. The van der Waals surface area contributed by atoms with E-state index in [0.29, 0.717) is 10.8 Å². The van der Waals surface area contributed by atoms with E-state index in [1.807, 2.05) is 42.5 Å². The smallest absolute Gasteiger partial charge is 0.137 e. The maximum absolute atomic E-state index is 6.11. The number of nitrogens with one attached hydrogen (secondary N) is 1. The molecule has 1 atom stereocenters. The van der Waals surface area contributed by atoms with Gasteiger partial charge in [0.1, 0.15) is 5.75 Å². The predicted molar refractivity (Wildman–Crippen MR) is 89.6 cm³/mol. The first-order valence-corrected chi connectivity index (χ1v) is 7.73. The van der Waals surface area contributed by atoms with Crippen LogP contribution in [0.4, 0.5) is 0 Å². The summed E-state index contributed by atoms with van der Waals surface area (Å²) in [7, 11) is 1.63. The van der Waals surface area contributed by atoms with Crippen molar-refractivity contribution in [3.63, 3.8) is 0 Å². The summed E-state index contributed by atoms with van der Waals surface area (Å²) in [6.07, 6.45) is 1.06. The maximum Gasteiger partial charge on any atom is 0.137 e. The molecular weight excluding hydrogens is 305 g/mol. The van der Waals surface area contributed by atoms with Crippen LogP contribution in [0.1, 0.15) is 30.5 Å². The molecule has 0 fully saturated rings. The lowest BCUT2D eigenvalue weighted by atomic mass is 9.98. The highest BCUT2D eigenvalue weighted by atomic mass is 35.5. The van der Waals surface area contributed by atoms with Crippen molar-refractivity contribution < 1.29 is 4.74 Å². The van der Waals surface area contributed by atoms with Crippen LogP contribution in [0.5, 0.6) is 5.75 Å². The summed E-state index contributed by atoms with van der Waals surface area (Å²) < 4.78 is 5.31. The van der Waals surface area contributed by atoms with Crippen LogP contribution in [0.3, 0.4) is 0 Å². The maximum atomic E-state index is 6.11. The quantitative estimate of drug-likeness (QED) is 0.799. The van der Waals surface area contributed by atoms with Crippen LogP contribution in [0.2, 0.25) is 10.0 Å². The van der Waals surface area contributed by atoms with E-state index in [1.54, 1.807) is 7.11 Å². The van der Waals surface area contributed by atoms with Crippen LogP contribution in [0, 0.1) is 0 Å². The molecule has 2 aromatic carbocycles. The van der Waals surface area contributed by atoms with Crippen LogP contribution in [-0.2, 0) is 0 Å². The van der Waals surface area contributed by atoms with Gasteiger partial charge in [-0.15, -0.1) is 0 Å². The van der Waals surface area contributed by atoms with Gasteiger partial charge < -0.3 is 10.1 Å². The van der Waals surface area contributed by atoms with E-state index in [1.165, 1.54) is 0 Å². The molecule has 2 nitrogen and oxygen atoms in total. The molecular formula is C17H19Cl2NO. The van der Waals surface area contributed by atoms with E-state index in [-0.39, 0.29) is 6.04 Å². The molecule has 2 aromatic rings. The van der Waals surface area contributed by atoms with Gasteiger partial charge in [-0.05, 0) is 48.4 Å². The fourth-order valence-electron chi connectivity index (χ4n) is 2.23. The average Bonchev–Trinajstić information content (AvgIpc) is 2.50. The van der Waals surface area contributed by atoms with E-state index < -0.39 is 0 Å². The van der Waals surface area contributed by atoms with Crippen LogP contribution in [0.25, 0.3) is 0 Å². The Morgan fingerprint density at radius 1 is 1.05 bits per heavy atom. The van der Waals surface area contributed by atoms with Gasteiger partial charge in [0, 0.05) is 5.02 Å². The number of hydrogen-bond acceptors (Lipinski definition) is 2. The highest BCUT2D eigenvalue weighted by Crippen LogP contribution is 2.31. The summed E-state index contributed by atoms with van der Waals surface area (Å²) in [5.41, 5.74) is 2.28. The van der Waals surface area contributed by atoms with Crippen molar-refractivity contribution in [1.82, 2.24) is 5.32 Å². The van der Waals surface area contributed by atoms with Gasteiger partial charge in [-0.25, -0.2) is 0 Å². The van der Waals surface area contributed by atoms with Crippen molar-refractivity contribution in [2.45, 2.75) is 19.4 Å². The molecule has 0 saturated carbocycles. The lowest BCUT2D eigenvalue weighted by molar-refractivity contribution is 0.414. The summed E-state index contributed by atoms with van der Waals surface area (Å²) in [6, 6.07) is 13.8. The summed E-state index contributed by atoms with van der Waals surface area (Å²) in [4.78, 5) is 0. The van der Waals surface area contributed by atoms with Gasteiger partial charge in [-0.3, -0.25) is 0 Å². The Kier molecular flexibility index (Phi) is 5.92. The Labute approximate surface area is 136 Å². The minimum absolute atomic E-state index is 0.0911. The second-order valence-electron chi connectivity index (χ2n) is 4.83. The zero-order valence-corrected chi connectivity index (χ0v) is 13.7. The third kappa shape index (κ3) is 4.13. The van der Waals surface area contributed by atoms with Crippen LogP contribution >= 0.6 is 23.2 Å². The van der Waals surface area contributed by atoms with Crippen molar-refractivity contribution >= 4 is 23.2 Å². The Morgan fingerprint density at radius 3 is 2.33 bits per heavy atom. The van der Waals surface area contributed by atoms with E-state index in [2.05, 4.69) is 12.2 Å². The molecule has 2 rings (SSSR count). The number of ether oxygens (including phenoxy) is 1. The summed E-state index contributed by atoms with van der Waals surface area (Å²) in [5, 5.41) is 4.91. The lowest BCUT2D eigenvalue weighted by Gasteiger charge is -2.20. The molecule has 0 amide bonds. The zero-order valence-electron chi connectivity index (χ0n) is 12.2. The molecule has 0 bridgehead atoms. The molecule has 0 aromatic heterocycles. The fraction of sp³-hybridized carbons (Fsp3) is 0.294. The minimum Gasteiger partial charge on any atom is -0.495 e. The number of rotatable bonds is 6. The summed E-state index contributed by atoms with van der Waals surface area (Å²) in [5.74, 6) is 0.687. The fourth-order valence-corrected chi connectivity index (χ4v) is 2.55. The molecule has 0 aliphatic rings. The van der Waals surface area contributed by atoms with Crippen molar-refractivity contribution in [3.8, 4) is 5.75 Å². The molecule has 1 unspecified atom stereocenters. The Hall–Kier alpha value is -1.22. The van der Waals surface area contributed by atoms with E-state index in [0.717, 1.165) is 29.1 Å². The summed E-state index contributed by atoms with van der Waals surface area (Å²) in [6.45, 7) is 3.08. The zero-order chi connectivity index (χ0) is 15.2.